The topological polar surface area (TPSA) is 103 Å². The Morgan fingerprint density at radius 2 is 2.12 bits per heavy atom. The standard InChI is InChI=1S/C16H15N5O4/c1-19(10-15-18-17-14-5-3-4-8-20(14)15)11-6-7-13(21(23)24)12(9-11)16(22)25-2/h3-9H,10H2,1-2H3. The molecular formula is C16H15N5O4. The molecule has 0 amide bonds. The third-order valence-corrected chi connectivity index (χ3v) is 3.79. The number of anilines is 1. The molecule has 25 heavy (non-hydrogen) atoms. The number of ether oxygens (including phenoxy) is 1. The number of aromatic nitrogens is 3. The first-order valence-corrected chi connectivity index (χ1v) is 7.38. The van der Waals surface area contributed by atoms with Gasteiger partial charge in [-0.1, -0.05) is 6.07 Å². The lowest BCUT2D eigenvalue weighted by Crippen LogP contribution is -2.19. The second-order valence-corrected chi connectivity index (χ2v) is 5.35. The van der Waals surface area contributed by atoms with Gasteiger partial charge in [0, 0.05) is 25.0 Å². The molecule has 128 valence electrons. The normalized spacial score (nSPS) is 10.6. The zero-order chi connectivity index (χ0) is 18.0. The molecule has 0 saturated heterocycles. The van der Waals surface area contributed by atoms with E-state index in [1.165, 1.54) is 19.2 Å². The lowest BCUT2D eigenvalue weighted by molar-refractivity contribution is -0.385. The first-order valence-electron chi connectivity index (χ1n) is 7.38. The molecule has 2 aromatic heterocycles. The van der Waals surface area contributed by atoms with Gasteiger partial charge in [-0.3, -0.25) is 14.5 Å². The number of methoxy groups -OCH3 is 1. The maximum atomic E-state index is 11.8. The minimum absolute atomic E-state index is 0.0945. The van der Waals surface area contributed by atoms with Gasteiger partial charge >= 0.3 is 5.97 Å². The van der Waals surface area contributed by atoms with Gasteiger partial charge in [-0.2, -0.15) is 0 Å². The number of benzene rings is 1. The fraction of sp³-hybridized carbons (Fsp3) is 0.188. The molecule has 0 radical (unpaired) electrons. The van der Waals surface area contributed by atoms with Gasteiger partial charge < -0.3 is 9.64 Å². The fourth-order valence-electron chi connectivity index (χ4n) is 2.50. The summed E-state index contributed by atoms with van der Waals surface area (Å²) in [6.07, 6.45) is 1.86. The minimum atomic E-state index is -0.755. The lowest BCUT2D eigenvalue weighted by Gasteiger charge is -2.18. The van der Waals surface area contributed by atoms with Crippen LogP contribution in [0.25, 0.3) is 5.65 Å². The number of rotatable bonds is 5. The van der Waals surface area contributed by atoms with Gasteiger partial charge in [-0.25, -0.2) is 4.79 Å². The van der Waals surface area contributed by atoms with Crippen LogP contribution < -0.4 is 4.90 Å². The molecule has 0 N–H and O–H groups in total. The van der Waals surface area contributed by atoms with E-state index in [4.69, 9.17) is 0 Å². The predicted molar refractivity (Wildman–Crippen MR) is 89.5 cm³/mol. The lowest BCUT2D eigenvalue weighted by atomic mass is 10.1. The van der Waals surface area contributed by atoms with Crippen molar-refractivity contribution in [3.05, 3.63) is 64.1 Å². The second-order valence-electron chi connectivity index (χ2n) is 5.35. The molecule has 0 aliphatic rings. The molecule has 0 aliphatic carbocycles. The van der Waals surface area contributed by atoms with Crippen molar-refractivity contribution in [1.82, 2.24) is 14.6 Å². The number of carbonyl (C=O) groups excluding carboxylic acids is 1. The average Bonchev–Trinajstić information content (AvgIpc) is 3.03. The highest BCUT2D eigenvalue weighted by atomic mass is 16.6. The number of nitro groups is 1. The van der Waals surface area contributed by atoms with E-state index in [0.717, 1.165) is 5.65 Å². The van der Waals surface area contributed by atoms with Crippen LogP contribution in [0.15, 0.2) is 42.6 Å². The zero-order valence-electron chi connectivity index (χ0n) is 13.6. The van der Waals surface area contributed by atoms with Crippen LogP contribution in [0, 0.1) is 10.1 Å². The molecule has 0 spiro atoms. The Balaban J connectivity index is 1.93. The third kappa shape index (κ3) is 3.11. The van der Waals surface area contributed by atoms with Gasteiger partial charge in [0.2, 0.25) is 0 Å². The molecule has 0 saturated carbocycles. The van der Waals surface area contributed by atoms with Crippen molar-refractivity contribution in [2.45, 2.75) is 6.54 Å². The summed E-state index contributed by atoms with van der Waals surface area (Å²) < 4.78 is 6.49. The molecule has 2 heterocycles. The SMILES string of the molecule is COC(=O)c1cc(N(C)Cc2nnc3ccccn23)ccc1[N+](=O)[O-]. The van der Waals surface area contributed by atoms with Crippen molar-refractivity contribution in [1.29, 1.82) is 0 Å². The van der Waals surface area contributed by atoms with Gasteiger partial charge in [-0.15, -0.1) is 10.2 Å². The van der Waals surface area contributed by atoms with Crippen LogP contribution in [0.3, 0.4) is 0 Å². The molecular weight excluding hydrogens is 326 g/mol. The fourth-order valence-corrected chi connectivity index (χ4v) is 2.50. The first kappa shape index (κ1) is 16.4. The first-order chi connectivity index (χ1) is 12.0. The number of carbonyl (C=O) groups is 1. The largest absolute Gasteiger partial charge is 0.465 e. The summed E-state index contributed by atoms with van der Waals surface area (Å²) in [5, 5.41) is 19.3. The molecule has 9 heteroatoms. The van der Waals surface area contributed by atoms with Crippen LogP contribution in [-0.2, 0) is 11.3 Å². The van der Waals surface area contributed by atoms with Gasteiger partial charge in [-0.05, 0) is 24.3 Å². The summed E-state index contributed by atoms with van der Waals surface area (Å²) in [6, 6.07) is 9.90. The summed E-state index contributed by atoms with van der Waals surface area (Å²) in [7, 11) is 2.98. The van der Waals surface area contributed by atoms with Crippen molar-refractivity contribution >= 4 is 23.0 Å². The van der Waals surface area contributed by atoms with E-state index in [1.54, 1.807) is 13.1 Å². The van der Waals surface area contributed by atoms with Crippen LogP contribution in [-0.4, -0.2) is 39.6 Å². The molecule has 0 fully saturated rings. The zero-order valence-corrected chi connectivity index (χ0v) is 13.6. The Hall–Kier alpha value is -3.49. The van der Waals surface area contributed by atoms with E-state index in [2.05, 4.69) is 14.9 Å². The molecule has 3 aromatic rings. The summed E-state index contributed by atoms with van der Waals surface area (Å²) >= 11 is 0. The minimum Gasteiger partial charge on any atom is -0.465 e. The maximum Gasteiger partial charge on any atom is 0.344 e. The van der Waals surface area contributed by atoms with E-state index in [-0.39, 0.29) is 11.3 Å². The Morgan fingerprint density at radius 1 is 1.32 bits per heavy atom. The number of fused-ring (bicyclic) bond motifs is 1. The smallest absolute Gasteiger partial charge is 0.344 e. The van der Waals surface area contributed by atoms with Crippen LogP contribution in [0.5, 0.6) is 0 Å². The van der Waals surface area contributed by atoms with E-state index in [1.807, 2.05) is 33.7 Å². The van der Waals surface area contributed by atoms with Gasteiger partial charge in [0.05, 0.1) is 18.6 Å². The molecule has 0 atom stereocenters. The Kier molecular flexibility index (Phi) is 4.29. The van der Waals surface area contributed by atoms with E-state index in [0.29, 0.717) is 18.1 Å². The maximum absolute atomic E-state index is 11.8. The number of nitrogens with zero attached hydrogens (tertiary/aromatic N) is 5. The highest BCUT2D eigenvalue weighted by molar-refractivity contribution is 5.95. The van der Waals surface area contributed by atoms with Gasteiger partial charge in [0.1, 0.15) is 5.56 Å². The number of nitro benzene ring substituents is 1. The Bertz CT molecular complexity index is 953. The van der Waals surface area contributed by atoms with Gasteiger partial charge in [0.25, 0.3) is 5.69 Å². The molecule has 0 unspecified atom stereocenters. The van der Waals surface area contributed by atoms with Gasteiger partial charge in [0.15, 0.2) is 11.5 Å². The number of hydrogen-bond donors (Lipinski definition) is 0. The number of pyridine rings is 1. The van der Waals surface area contributed by atoms with Crippen LogP contribution in [0.1, 0.15) is 16.2 Å². The van der Waals surface area contributed by atoms with E-state index >= 15 is 0 Å². The van der Waals surface area contributed by atoms with Crippen molar-refractivity contribution in [3.63, 3.8) is 0 Å². The van der Waals surface area contributed by atoms with Crippen molar-refractivity contribution < 1.29 is 14.5 Å². The third-order valence-electron chi connectivity index (χ3n) is 3.79. The van der Waals surface area contributed by atoms with Crippen molar-refractivity contribution in [3.8, 4) is 0 Å². The Labute approximate surface area is 142 Å². The Morgan fingerprint density at radius 3 is 2.84 bits per heavy atom. The highest BCUT2D eigenvalue weighted by Crippen LogP contribution is 2.26. The number of esters is 1. The van der Waals surface area contributed by atoms with Crippen molar-refractivity contribution in [2.24, 2.45) is 0 Å². The average molecular weight is 341 g/mol. The summed E-state index contributed by atoms with van der Waals surface area (Å²) in [5.74, 6) is -0.0500. The molecule has 0 bridgehead atoms. The quantitative estimate of drug-likeness (QED) is 0.397. The summed E-state index contributed by atoms with van der Waals surface area (Å²) in [5.41, 5.74) is 0.961. The van der Waals surface area contributed by atoms with Crippen LogP contribution in [0.2, 0.25) is 0 Å². The number of hydrogen-bond acceptors (Lipinski definition) is 7. The van der Waals surface area contributed by atoms with Crippen molar-refractivity contribution in [2.75, 3.05) is 19.1 Å². The van der Waals surface area contributed by atoms with Crippen LogP contribution in [0.4, 0.5) is 11.4 Å². The monoisotopic (exact) mass is 341 g/mol. The molecule has 9 nitrogen and oxygen atoms in total. The molecule has 1 aromatic carbocycles. The molecule has 3 rings (SSSR count). The summed E-state index contributed by atoms with van der Waals surface area (Å²) in [6.45, 7) is 0.406. The summed E-state index contributed by atoms with van der Waals surface area (Å²) in [4.78, 5) is 24.1. The predicted octanol–water partition coefficient (Wildman–Crippen LogP) is 2.06. The second kappa shape index (κ2) is 6.56. The van der Waals surface area contributed by atoms with Crippen LogP contribution >= 0.6 is 0 Å². The van der Waals surface area contributed by atoms with E-state index < -0.39 is 10.9 Å². The molecule has 0 aliphatic heterocycles. The highest BCUT2D eigenvalue weighted by Gasteiger charge is 2.22. The van der Waals surface area contributed by atoms with E-state index in [9.17, 15) is 14.9 Å².